The Morgan fingerprint density at radius 1 is 1.47 bits per heavy atom. The zero-order valence-corrected chi connectivity index (χ0v) is 11.4. The van der Waals surface area contributed by atoms with Crippen molar-refractivity contribution in [1.82, 2.24) is 4.90 Å². The third kappa shape index (κ3) is 7.99. The standard InChI is InChI=1S/C12H26N2O3/c1-5-10(13)9-14(7-6-8-15)11(16)17-12(2,3)4/h10,15H,5-9,13H2,1-4H3/t10-/m1/s1. The molecular weight excluding hydrogens is 220 g/mol. The number of rotatable bonds is 6. The summed E-state index contributed by atoms with van der Waals surface area (Å²) in [7, 11) is 0. The molecule has 0 rings (SSSR count). The molecule has 102 valence electrons. The van der Waals surface area contributed by atoms with Crippen molar-refractivity contribution in [3.8, 4) is 0 Å². The van der Waals surface area contributed by atoms with Crippen LogP contribution in [0.2, 0.25) is 0 Å². The lowest BCUT2D eigenvalue weighted by molar-refractivity contribution is 0.0228. The van der Waals surface area contributed by atoms with E-state index in [1.807, 2.05) is 27.7 Å². The number of ether oxygens (including phenoxy) is 1. The van der Waals surface area contributed by atoms with Crippen LogP contribution in [-0.2, 0) is 4.74 Å². The number of aliphatic hydroxyl groups excluding tert-OH is 1. The first kappa shape index (κ1) is 16.2. The van der Waals surface area contributed by atoms with Crippen molar-refractivity contribution >= 4 is 6.09 Å². The van der Waals surface area contributed by atoms with Gasteiger partial charge in [0.2, 0.25) is 0 Å². The molecule has 1 atom stereocenters. The lowest BCUT2D eigenvalue weighted by Crippen LogP contribution is -2.44. The lowest BCUT2D eigenvalue weighted by Gasteiger charge is -2.28. The Morgan fingerprint density at radius 3 is 2.47 bits per heavy atom. The Kier molecular flexibility index (Phi) is 7.15. The number of amides is 1. The predicted octanol–water partition coefficient (Wildman–Crippen LogP) is 1.34. The second-order valence-electron chi connectivity index (χ2n) is 5.17. The number of carbonyl (C=O) groups excluding carboxylic acids is 1. The molecule has 0 radical (unpaired) electrons. The number of carbonyl (C=O) groups is 1. The molecule has 0 fully saturated rings. The van der Waals surface area contributed by atoms with E-state index in [4.69, 9.17) is 15.6 Å². The van der Waals surface area contributed by atoms with E-state index in [1.54, 1.807) is 4.90 Å². The van der Waals surface area contributed by atoms with Crippen LogP contribution in [0.4, 0.5) is 4.79 Å². The predicted molar refractivity (Wildman–Crippen MR) is 67.8 cm³/mol. The van der Waals surface area contributed by atoms with Gasteiger partial charge < -0.3 is 20.5 Å². The molecule has 0 aromatic carbocycles. The van der Waals surface area contributed by atoms with Gasteiger partial charge in [-0.2, -0.15) is 0 Å². The summed E-state index contributed by atoms with van der Waals surface area (Å²) in [5.41, 5.74) is 5.33. The number of hydrogen-bond acceptors (Lipinski definition) is 4. The maximum Gasteiger partial charge on any atom is 0.410 e. The first-order chi connectivity index (χ1) is 7.80. The Labute approximate surface area is 104 Å². The summed E-state index contributed by atoms with van der Waals surface area (Å²) >= 11 is 0. The summed E-state index contributed by atoms with van der Waals surface area (Å²) in [5.74, 6) is 0. The van der Waals surface area contributed by atoms with Crippen LogP contribution in [0, 0.1) is 0 Å². The molecule has 17 heavy (non-hydrogen) atoms. The molecule has 0 unspecified atom stereocenters. The Balaban J connectivity index is 4.39. The van der Waals surface area contributed by atoms with Crippen LogP contribution in [0.25, 0.3) is 0 Å². The summed E-state index contributed by atoms with van der Waals surface area (Å²) < 4.78 is 5.29. The van der Waals surface area contributed by atoms with E-state index in [1.165, 1.54) is 0 Å². The van der Waals surface area contributed by atoms with E-state index in [-0.39, 0.29) is 18.7 Å². The van der Waals surface area contributed by atoms with Crippen molar-refractivity contribution in [3.63, 3.8) is 0 Å². The maximum atomic E-state index is 11.9. The van der Waals surface area contributed by atoms with Crippen molar-refractivity contribution in [2.24, 2.45) is 5.73 Å². The van der Waals surface area contributed by atoms with Crippen LogP contribution in [-0.4, -0.2) is 47.4 Å². The Hall–Kier alpha value is -0.810. The third-order valence-corrected chi connectivity index (χ3v) is 2.22. The summed E-state index contributed by atoms with van der Waals surface area (Å²) in [6, 6.07) is -0.0544. The minimum Gasteiger partial charge on any atom is -0.444 e. The quantitative estimate of drug-likeness (QED) is 0.741. The molecule has 5 heteroatoms. The van der Waals surface area contributed by atoms with E-state index in [2.05, 4.69) is 0 Å². The largest absolute Gasteiger partial charge is 0.444 e. The molecule has 0 heterocycles. The van der Waals surface area contributed by atoms with Crippen LogP contribution >= 0.6 is 0 Å². The van der Waals surface area contributed by atoms with Crippen LogP contribution in [0.1, 0.15) is 40.5 Å². The second kappa shape index (κ2) is 7.50. The fourth-order valence-corrected chi connectivity index (χ4v) is 1.26. The second-order valence-corrected chi connectivity index (χ2v) is 5.17. The van der Waals surface area contributed by atoms with Gasteiger partial charge in [-0.25, -0.2) is 4.79 Å². The highest BCUT2D eigenvalue weighted by Gasteiger charge is 2.22. The third-order valence-electron chi connectivity index (χ3n) is 2.22. The van der Waals surface area contributed by atoms with E-state index >= 15 is 0 Å². The molecule has 0 aliphatic carbocycles. The molecule has 1 amide bonds. The number of hydrogen-bond donors (Lipinski definition) is 2. The van der Waals surface area contributed by atoms with Gasteiger partial charge in [-0.1, -0.05) is 6.92 Å². The van der Waals surface area contributed by atoms with Crippen LogP contribution in [0.3, 0.4) is 0 Å². The molecular formula is C12H26N2O3. The molecule has 0 spiro atoms. The van der Waals surface area contributed by atoms with Crippen LogP contribution < -0.4 is 5.73 Å². The van der Waals surface area contributed by atoms with E-state index in [0.29, 0.717) is 19.5 Å². The summed E-state index contributed by atoms with van der Waals surface area (Å²) in [5, 5.41) is 8.81. The molecule has 0 saturated heterocycles. The maximum absolute atomic E-state index is 11.9. The zero-order chi connectivity index (χ0) is 13.5. The normalized spacial score (nSPS) is 13.3. The first-order valence-corrected chi connectivity index (χ1v) is 6.14. The highest BCUT2D eigenvalue weighted by Crippen LogP contribution is 2.10. The Morgan fingerprint density at radius 2 is 2.06 bits per heavy atom. The van der Waals surface area contributed by atoms with Gasteiger partial charge in [-0.05, 0) is 33.6 Å². The minimum absolute atomic E-state index is 0.0544. The van der Waals surface area contributed by atoms with Crippen molar-refractivity contribution in [2.75, 3.05) is 19.7 Å². The average Bonchev–Trinajstić information content (AvgIpc) is 2.21. The molecule has 0 aromatic heterocycles. The zero-order valence-electron chi connectivity index (χ0n) is 11.4. The highest BCUT2D eigenvalue weighted by atomic mass is 16.6. The Bertz CT molecular complexity index is 226. The number of nitrogens with zero attached hydrogens (tertiary/aromatic N) is 1. The highest BCUT2D eigenvalue weighted by molar-refractivity contribution is 5.68. The topological polar surface area (TPSA) is 75.8 Å². The fraction of sp³-hybridized carbons (Fsp3) is 0.917. The monoisotopic (exact) mass is 246 g/mol. The van der Waals surface area contributed by atoms with E-state index in [9.17, 15) is 4.79 Å². The van der Waals surface area contributed by atoms with Crippen LogP contribution in [0.15, 0.2) is 0 Å². The summed E-state index contributed by atoms with van der Waals surface area (Å²) in [6.45, 7) is 8.45. The van der Waals surface area contributed by atoms with Crippen molar-refractivity contribution in [1.29, 1.82) is 0 Å². The average molecular weight is 246 g/mol. The smallest absolute Gasteiger partial charge is 0.410 e. The van der Waals surface area contributed by atoms with Crippen molar-refractivity contribution < 1.29 is 14.6 Å². The molecule has 0 aliphatic rings. The molecule has 0 saturated carbocycles. The summed E-state index contributed by atoms with van der Waals surface area (Å²) in [6.07, 6.45) is 0.975. The first-order valence-electron chi connectivity index (χ1n) is 6.14. The van der Waals surface area contributed by atoms with Gasteiger partial charge in [0.05, 0.1) is 0 Å². The van der Waals surface area contributed by atoms with E-state index in [0.717, 1.165) is 6.42 Å². The summed E-state index contributed by atoms with van der Waals surface area (Å²) in [4.78, 5) is 13.4. The molecule has 0 bridgehead atoms. The molecule has 3 N–H and O–H groups in total. The van der Waals surface area contributed by atoms with Gasteiger partial charge in [-0.15, -0.1) is 0 Å². The molecule has 0 aliphatic heterocycles. The van der Waals surface area contributed by atoms with E-state index < -0.39 is 5.60 Å². The lowest BCUT2D eigenvalue weighted by atomic mass is 10.2. The number of nitrogens with two attached hydrogens (primary N) is 1. The van der Waals surface area contributed by atoms with Crippen molar-refractivity contribution in [3.05, 3.63) is 0 Å². The fourth-order valence-electron chi connectivity index (χ4n) is 1.26. The SMILES string of the molecule is CC[C@@H](N)CN(CCCO)C(=O)OC(C)(C)C. The van der Waals surface area contributed by atoms with Gasteiger partial charge in [-0.3, -0.25) is 0 Å². The van der Waals surface area contributed by atoms with Gasteiger partial charge in [0.1, 0.15) is 5.60 Å². The van der Waals surface area contributed by atoms with Crippen molar-refractivity contribution in [2.45, 2.75) is 52.2 Å². The van der Waals surface area contributed by atoms with Gasteiger partial charge in [0.15, 0.2) is 0 Å². The van der Waals surface area contributed by atoms with Gasteiger partial charge in [0.25, 0.3) is 0 Å². The van der Waals surface area contributed by atoms with Crippen LogP contribution in [0.5, 0.6) is 0 Å². The number of aliphatic hydroxyl groups is 1. The minimum atomic E-state index is -0.509. The molecule has 0 aromatic rings. The molecule has 5 nitrogen and oxygen atoms in total. The van der Waals surface area contributed by atoms with Gasteiger partial charge >= 0.3 is 6.09 Å². The van der Waals surface area contributed by atoms with Gasteiger partial charge in [0, 0.05) is 25.7 Å².